The normalized spacial score (nSPS) is 12.3. The minimum Gasteiger partial charge on any atom is -0.456 e. The zero-order chi connectivity index (χ0) is 29.1. The molecule has 4 heterocycles. The van der Waals surface area contributed by atoms with E-state index in [1.54, 1.807) is 36.4 Å². The molecule has 0 unspecified atom stereocenters. The van der Waals surface area contributed by atoms with Gasteiger partial charge in [0, 0.05) is 21.5 Å². The number of benzene rings is 6. The number of rotatable bonds is 1. The van der Waals surface area contributed by atoms with E-state index in [0.717, 1.165) is 43.7 Å². The summed E-state index contributed by atoms with van der Waals surface area (Å²) in [6, 6.07) is 36.4. The molecule has 0 aliphatic carbocycles. The molecule has 6 nitrogen and oxygen atoms in total. The predicted molar refractivity (Wildman–Crippen MR) is 175 cm³/mol. The summed E-state index contributed by atoms with van der Waals surface area (Å²) in [6.07, 6.45) is 0. The van der Waals surface area contributed by atoms with Crippen LogP contribution in [-0.4, -0.2) is 4.57 Å². The lowest BCUT2D eigenvalue weighted by Gasteiger charge is -2.12. The Morgan fingerprint density at radius 2 is 1.00 bits per heavy atom. The molecule has 0 atom stereocenters. The lowest BCUT2D eigenvalue weighted by molar-refractivity contribution is 0.650. The molecule has 0 saturated heterocycles. The van der Waals surface area contributed by atoms with Crippen molar-refractivity contribution in [3.05, 3.63) is 136 Å². The molecule has 10 aromatic rings. The van der Waals surface area contributed by atoms with E-state index in [9.17, 15) is 9.59 Å². The van der Waals surface area contributed by atoms with E-state index < -0.39 is 0 Å². The van der Waals surface area contributed by atoms with Gasteiger partial charge in [0.05, 0.1) is 38.3 Å². The molecule has 44 heavy (non-hydrogen) atoms. The van der Waals surface area contributed by atoms with E-state index >= 15 is 0 Å². The van der Waals surface area contributed by atoms with Gasteiger partial charge in [-0.3, -0.25) is 9.59 Å². The lowest BCUT2D eigenvalue weighted by atomic mass is 10.1. The first-order valence-electron chi connectivity index (χ1n) is 14.3. The number of hydrogen-bond acceptors (Lipinski definition) is 5. The van der Waals surface area contributed by atoms with Gasteiger partial charge < -0.3 is 17.8 Å². The summed E-state index contributed by atoms with van der Waals surface area (Å²) in [5, 5.41) is 5.75. The molecule has 0 amide bonds. The standard InChI is InChI=1S/C38H19NO5/c40-35-24-10-3-6-15-31(24)42-32-18-27-33(19-26(32)35)44-37-25(36(27)41)11-7-13-29(37)39-28-12-4-1-8-20(28)22-16-17-23-21-9-2-5-14-30(21)43-38(23)34(22)39/h1-19H. The van der Waals surface area contributed by atoms with Crippen molar-refractivity contribution in [2.75, 3.05) is 0 Å². The predicted octanol–water partition coefficient (Wildman–Crippen LogP) is 9.20. The molecule has 0 radical (unpaired) electrons. The maximum Gasteiger partial charge on any atom is 0.200 e. The molecular formula is C38H19NO5. The van der Waals surface area contributed by atoms with Crippen molar-refractivity contribution in [3.63, 3.8) is 0 Å². The van der Waals surface area contributed by atoms with Gasteiger partial charge in [-0.1, -0.05) is 60.7 Å². The summed E-state index contributed by atoms with van der Waals surface area (Å²) in [4.78, 5) is 27.5. The van der Waals surface area contributed by atoms with Crippen LogP contribution in [0.2, 0.25) is 0 Å². The average Bonchev–Trinajstić information content (AvgIpc) is 3.60. The highest BCUT2D eigenvalue weighted by molar-refractivity contribution is 6.22. The fourth-order valence-corrected chi connectivity index (χ4v) is 6.81. The number of nitrogens with zero attached hydrogens (tertiary/aromatic N) is 1. The van der Waals surface area contributed by atoms with E-state index in [4.69, 9.17) is 13.3 Å². The van der Waals surface area contributed by atoms with Crippen molar-refractivity contribution in [2.24, 2.45) is 0 Å². The SMILES string of the molecule is O=c1c2ccccc2oc2cc3c(=O)c4cccc(-n5c6ccccc6c6ccc7c8ccccc8oc7c65)c4oc3cc12. The van der Waals surface area contributed by atoms with Crippen molar-refractivity contribution in [1.82, 2.24) is 4.57 Å². The van der Waals surface area contributed by atoms with E-state index in [1.807, 2.05) is 48.5 Å². The second kappa shape index (κ2) is 8.24. The van der Waals surface area contributed by atoms with E-state index in [-0.39, 0.29) is 10.9 Å². The third-order valence-corrected chi connectivity index (χ3v) is 8.79. The van der Waals surface area contributed by atoms with Crippen LogP contribution in [0.5, 0.6) is 0 Å². The number of furan rings is 1. The smallest absolute Gasteiger partial charge is 0.200 e. The third-order valence-electron chi connectivity index (χ3n) is 8.79. The first-order valence-corrected chi connectivity index (χ1v) is 14.3. The van der Waals surface area contributed by atoms with Crippen LogP contribution >= 0.6 is 0 Å². The molecule has 0 aliphatic heterocycles. The fraction of sp³-hybridized carbons (Fsp3) is 0. The van der Waals surface area contributed by atoms with Crippen LogP contribution in [-0.2, 0) is 0 Å². The monoisotopic (exact) mass is 569 g/mol. The first-order chi connectivity index (χ1) is 21.7. The van der Waals surface area contributed by atoms with Crippen molar-refractivity contribution < 1.29 is 13.3 Å². The van der Waals surface area contributed by atoms with Crippen LogP contribution in [0.1, 0.15) is 0 Å². The molecule has 4 aromatic heterocycles. The van der Waals surface area contributed by atoms with Crippen molar-refractivity contribution >= 4 is 87.6 Å². The zero-order valence-electron chi connectivity index (χ0n) is 23.0. The minimum absolute atomic E-state index is 0.172. The Bertz CT molecular complexity index is 2990. The van der Waals surface area contributed by atoms with Gasteiger partial charge in [0.15, 0.2) is 11.2 Å². The Balaban J connectivity index is 1.37. The Morgan fingerprint density at radius 3 is 1.82 bits per heavy atom. The quantitative estimate of drug-likeness (QED) is 0.184. The average molecular weight is 570 g/mol. The molecule has 206 valence electrons. The largest absolute Gasteiger partial charge is 0.456 e. The first kappa shape index (κ1) is 23.4. The summed E-state index contributed by atoms with van der Waals surface area (Å²) < 4.78 is 21.3. The molecule has 0 fully saturated rings. The molecule has 0 bridgehead atoms. The van der Waals surface area contributed by atoms with E-state index in [0.29, 0.717) is 49.6 Å². The van der Waals surface area contributed by atoms with Crippen LogP contribution in [0.4, 0.5) is 0 Å². The maximum atomic E-state index is 14.1. The Hall–Kier alpha value is -6.14. The molecule has 6 aromatic carbocycles. The van der Waals surface area contributed by atoms with Crippen LogP contribution in [0, 0.1) is 0 Å². The van der Waals surface area contributed by atoms with E-state index in [1.165, 1.54) is 0 Å². The summed E-state index contributed by atoms with van der Waals surface area (Å²) >= 11 is 0. The highest BCUT2D eigenvalue weighted by Gasteiger charge is 2.22. The molecule has 0 saturated carbocycles. The minimum atomic E-state index is -0.199. The Morgan fingerprint density at radius 1 is 0.409 bits per heavy atom. The molecular weight excluding hydrogens is 550 g/mol. The van der Waals surface area contributed by atoms with Gasteiger partial charge in [0.2, 0.25) is 10.9 Å². The molecule has 6 heteroatoms. The Labute approximate surface area is 246 Å². The zero-order valence-corrected chi connectivity index (χ0v) is 23.0. The van der Waals surface area contributed by atoms with Crippen LogP contribution < -0.4 is 10.9 Å². The summed E-state index contributed by atoms with van der Waals surface area (Å²) in [5.74, 6) is 0. The van der Waals surface area contributed by atoms with E-state index in [2.05, 4.69) is 34.9 Å². The number of fused-ring (bicyclic) bond motifs is 11. The highest BCUT2D eigenvalue weighted by Crippen LogP contribution is 2.41. The van der Waals surface area contributed by atoms with Gasteiger partial charge in [-0.05, 0) is 54.6 Å². The van der Waals surface area contributed by atoms with Crippen molar-refractivity contribution in [1.29, 1.82) is 0 Å². The van der Waals surface area contributed by atoms with Gasteiger partial charge in [-0.2, -0.15) is 0 Å². The van der Waals surface area contributed by atoms with Gasteiger partial charge in [-0.15, -0.1) is 0 Å². The van der Waals surface area contributed by atoms with Crippen LogP contribution in [0.3, 0.4) is 0 Å². The molecule has 0 aliphatic rings. The second-order valence-electron chi connectivity index (χ2n) is 11.1. The van der Waals surface area contributed by atoms with Crippen molar-refractivity contribution in [2.45, 2.75) is 0 Å². The number of aromatic nitrogens is 1. The molecule has 0 spiro atoms. The summed E-state index contributed by atoms with van der Waals surface area (Å²) in [6.45, 7) is 0. The van der Waals surface area contributed by atoms with Gasteiger partial charge in [0.25, 0.3) is 0 Å². The van der Waals surface area contributed by atoms with Gasteiger partial charge >= 0.3 is 0 Å². The second-order valence-corrected chi connectivity index (χ2v) is 11.1. The third kappa shape index (κ3) is 2.93. The summed E-state index contributed by atoms with van der Waals surface area (Å²) in [5.41, 5.74) is 5.30. The number of hydrogen-bond donors (Lipinski definition) is 0. The highest BCUT2D eigenvalue weighted by atomic mass is 16.3. The van der Waals surface area contributed by atoms with Gasteiger partial charge in [-0.25, -0.2) is 0 Å². The lowest BCUT2D eigenvalue weighted by Crippen LogP contribution is -2.07. The summed E-state index contributed by atoms with van der Waals surface area (Å²) in [7, 11) is 0. The Kier molecular flexibility index (Phi) is 4.39. The molecule has 0 N–H and O–H groups in total. The number of para-hydroxylation sites is 4. The van der Waals surface area contributed by atoms with Gasteiger partial charge in [0.1, 0.15) is 22.3 Å². The van der Waals surface area contributed by atoms with Crippen LogP contribution in [0.25, 0.3) is 93.3 Å². The maximum absolute atomic E-state index is 14.1. The topological polar surface area (TPSA) is 78.5 Å². The fourth-order valence-electron chi connectivity index (χ4n) is 6.81. The molecule has 10 rings (SSSR count). The van der Waals surface area contributed by atoms with Crippen LogP contribution in [0.15, 0.2) is 138 Å². The van der Waals surface area contributed by atoms with Crippen molar-refractivity contribution in [3.8, 4) is 5.69 Å².